The van der Waals surface area contributed by atoms with Crippen molar-refractivity contribution in [2.24, 2.45) is 0 Å². The van der Waals surface area contributed by atoms with Gasteiger partial charge in [-0.05, 0) is 37.6 Å². The SMILES string of the molecule is CCOC(=O)c1c(C)c(-c2cc(F)cc(C(F)(F)F)c2)[nH]c(=O)c1OC. The highest BCUT2D eigenvalue weighted by Crippen LogP contribution is 2.34. The number of nitrogens with one attached hydrogen (secondary N) is 1. The molecule has 0 amide bonds. The zero-order valence-corrected chi connectivity index (χ0v) is 14.1. The van der Waals surface area contributed by atoms with Crippen molar-refractivity contribution >= 4 is 5.97 Å². The number of carbonyl (C=O) groups is 1. The summed E-state index contributed by atoms with van der Waals surface area (Å²) in [6.45, 7) is 2.95. The molecular weight excluding hydrogens is 358 g/mol. The lowest BCUT2D eigenvalue weighted by molar-refractivity contribution is -0.137. The first-order chi connectivity index (χ1) is 12.1. The second-order valence-corrected chi connectivity index (χ2v) is 5.31. The Balaban J connectivity index is 2.78. The van der Waals surface area contributed by atoms with E-state index in [9.17, 15) is 27.2 Å². The average Bonchev–Trinajstić information content (AvgIpc) is 2.54. The van der Waals surface area contributed by atoms with Crippen molar-refractivity contribution < 1.29 is 31.8 Å². The molecule has 0 fully saturated rings. The highest BCUT2D eigenvalue weighted by molar-refractivity contribution is 5.95. The number of rotatable bonds is 4. The first-order valence-electron chi connectivity index (χ1n) is 7.46. The Hall–Kier alpha value is -2.84. The minimum Gasteiger partial charge on any atom is -0.490 e. The topological polar surface area (TPSA) is 68.4 Å². The molecule has 0 unspecified atom stereocenters. The molecule has 0 aliphatic heterocycles. The van der Waals surface area contributed by atoms with Crippen molar-refractivity contribution in [3.63, 3.8) is 0 Å². The first kappa shape index (κ1) is 19.5. The number of pyridine rings is 1. The molecule has 140 valence electrons. The second-order valence-electron chi connectivity index (χ2n) is 5.31. The van der Waals surface area contributed by atoms with Crippen LogP contribution in [-0.4, -0.2) is 24.7 Å². The average molecular weight is 373 g/mol. The van der Waals surface area contributed by atoms with Gasteiger partial charge >= 0.3 is 12.1 Å². The normalized spacial score (nSPS) is 11.3. The third kappa shape index (κ3) is 3.71. The van der Waals surface area contributed by atoms with E-state index in [1.54, 1.807) is 6.92 Å². The van der Waals surface area contributed by atoms with Gasteiger partial charge in [0.1, 0.15) is 11.4 Å². The van der Waals surface area contributed by atoms with Crippen molar-refractivity contribution in [2.75, 3.05) is 13.7 Å². The molecule has 1 aromatic heterocycles. The predicted molar refractivity (Wildman–Crippen MR) is 84.7 cm³/mol. The van der Waals surface area contributed by atoms with E-state index in [2.05, 4.69) is 4.98 Å². The molecule has 2 rings (SSSR count). The molecule has 5 nitrogen and oxygen atoms in total. The maximum absolute atomic E-state index is 13.7. The van der Waals surface area contributed by atoms with Crippen LogP contribution < -0.4 is 10.3 Å². The van der Waals surface area contributed by atoms with Crippen LogP contribution in [0.3, 0.4) is 0 Å². The number of halogens is 4. The van der Waals surface area contributed by atoms with Crippen LogP contribution in [0.15, 0.2) is 23.0 Å². The number of alkyl halides is 3. The fourth-order valence-electron chi connectivity index (χ4n) is 2.50. The van der Waals surface area contributed by atoms with Crippen LogP contribution in [0, 0.1) is 12.7 Å². The fourth-order valence-corrected chi connectivity index (χ4v) is 2.50. The van der Waals surface area contributed by atoms with Gasteiger partial charge in [-0.3, -0.25) is 4.79 Å². The minimum atomic E-state index is -4.78. The summed E-state index contributed by atoms with van der Waals surface area (Å²) in [5, 5.41) is 0. The number of aromatic amines is 1. The predicted octanol–water partition coefficient (Wildman–Crippen LogP) is 3.69. The van der Waals surface area contributed by atoms with E-state index in [0.717, 1.165) is 13.2 Å². The Morgan fingerprint density at radius 3 is 2.42 bits per heavy atom. The van der Waals surface area contributed by atoms with Gasteiger partial charge in [0.15, 0.2) is 5.75 Å². The Bertz CT molecular complexity index is 903. The molecule has 0 saturated heterocycles. The lowest BCUT2D eigenvalue weighted by atomic mass is 9.99. The van der Waals surface area contributed by atoms with Crippen molar-refractivity contribution in [2.45, 2.75) is 20.0 Å². The van der Waals surface area contributed by atoms with Gasteiger partial charge < -0.3 is 14.5 Å². The number of H-pyrrole nitrogens is 1. The Morgan fingerprint density at radius 1 is 1.23 bits per heavy atom. The highest BCUT2D eigenvalue weighted by Gasteiger charge is 2.32. The van der Waals surface area contributed by atoms with E-state index in [1.807, 2.05) is 0 Å². The van der Waals surface area contributed by atoms with E-state index >= 15 is 0 Å². The largest absolute Gasteiger partial charge is 0.490 e. The Morgan fingerprint density at radius 2 is 1.88 bits per heavy atom. The van der Waals surface area contributed by atoms with Crippen LogP contribution in [0.1, 0.15) is 28.4 Å². The third-order valence-electron chi connectivity index (χ3n) is 3.62. The van der Waals surface area contributed by atoms with E-state index in [-0.39, 0.29) is 34.7 Å². The first-order valence-corrected chi connectivity index (χ1v) is 7.46. The number of benzene rings is 1. The number of hydrogen-bond donors (Lipinski definition) is 1. The maximum Gasteiger partial charge on any atom is 0.416 e. The number of methoxy groups -OCH3 is 1. The van der Waals surface area contributed by atoms with Crippen LogP contribution in [0.5, 0.6) is 5.75 Å². The van der Waals surface area contributed by atoms with Crippen LogP contribution in [0.4, 0.5) is 17.6 Å². The van der Waals surface area contributed by atoms with Gasteiger partial charge in [0.2, 0.25) is 0 Å². The smallest absolute Gasteiger partial charge is 0.416 e. The van der Waals surface area contributed by atoms with E-state index in [4.69, 9.17) is 9.47 Å². The molecule has 1 heterocycles. The minimum absolute atomic E-state index is 0.0156. The third-order valence-corrected chi connectivity index (χ3v) is 3.62. The van der Waals surface area contributed by atoms with Crippen molar-refractivity contribution in [1.29, 1.82) is 0 Å². The maximum atomic E-state index is 13.7. The summed E-state index contributed by atoms with van der Waals surface area (Å²) in [7, 11) is 1.16. The fraction of sp³-hybridized carbons (Fsp3) is 0.294. The van der Waals surface area contributed by atoms with Gasteiger partial charge in [-0.15, -0.1) is 0 Å². The van der Waals surface area contributed by atoms with Gasteiger partial charge in [-0.2, -0.15) is 13.2 Å². The van der Waals surface area contributed by atoms with Gasteiger partial charge in [-0.1, -0.05) is 0 Å². The number of esters is 1. The molecule has 1 aromatic carbocycles. The summed E-state index contributed by atoms with van der Waals surface area (Å²) in [6.07, 6.45) is -4.78. The van der Waals surface area contributed by atoms with Crippen LogP contribution in [0.2, 0.25) is 0 Å². The van der Waals surface area contributed by atoms with E-state index in [1.165, 1.54) is 6.92 Å². The van der Waals surface area contributed by atoms with Gasteiger partial charge in [0, 0.05) is 5.56 Å². The van der Waals surface area contributed by atoms with E-state index < -0.39 is 29.1 Å². The van der Waals surface area contributed by atoms with Gasteiger partial charge in [0.05, 0.1) is 25.0 Å². The molecule has 9 heteroatoms. The molecule has 0 bridgehead atoms. The molecule has 1 N–H and O–H groups in total. The number of hydrogen-bond acceptors (Lipinski definition) is 4. The summed E-state index contributed by atoms with van der Waals surface area (Å²) in [6, 6.07) is 1.85. The lowest BCUT2D eigenvalue weighted by Crippen LogP contribution is -2.19. The zero-order chi connectivity index (χ0) is 19.6. The van der Waals surface area contributed by atoms with Gasteiger partial charge in [-0.25, -0.2) is 9.18 Å². The lowest BCUT2D eigenvalue weighted by Gasteiger charge is -2.15. The molecule has 0 saturated carbocycles. The molecule has 26 heavy (non-hydrogen) atoms. The summed E-state index contributed by atoms with van der Waals surface area (Å²) >= 11 is 0. The Labute approximate surface area is 145 Å². The molecule has 0 radical (unpaired) electrons. The molecular formula is C17H15F4NO4. The van der Waals surface area contributed by atoms with Crippen LogP contribution in [-0.2, 0) is 10.9 Å². The molecule has 0 atom stereocenters. The molecule has 0 spiro atoms. The molecule has 2 aromatic rings. The van der Waals surface area contributed by atoms with Crippen molar-refractivity contribution in [1.82, 2.24) is 4.98 Å². The number of aromatic nitrogens is 1. The summed E-state index contributed by atoms with van der Waals surface area (Å²) in [4.78, 5) is 26.7. The number of ether oxygens (including phenoxy) is 2. The highest BCUT2D eigenvalue weighted by atomic mass is 19.4. The van der Waals surface area contributed by atoms with E-state index in [0.29, 0.717) is 12.1 Å². The van der Waals surface area contributed by atoms with Crippen molar-refractivity contribution in [3.8, 4) is 17.0 Å². The van der Waals surface area contributed by atoms with Crippen LogP contribution in [0.25, 0.3) is 11.3 Å². The Kier molecular flexibility index (Phi) is 5.38. The monoisotopic (exact) mass is 373 g/mol. The van der Waals surface area contributed by atoms with Crippen LogP contribution >= 0.6 is 0 Å². The molecule has 0 aliphatic rings. The quantitative estimate of drug-likeness (QED) is 0.656. The summed E-state index contributed by atoms with van der Waals surface area (Å²) in [5.74, 6) is -2.35. The number of carbonyl (C=O) groups excluding carboxylic acids is 1. The standard InChI is InChI=1S/C17H15F4NO4/c1-4-26-16(24)12-8(2)13(22-15(23)14(12)25-3)9-5-10(17(19,20)21)7-11(18)6-9/h5-7H,4H2,1-3H3,(H,22,23). The van der Waals surface area contributed by atoms with Gasteiger partial charge in [0.25, 0.3) is 5.56 Å². The second kappa shape index (κ2) is 7.19. The zero-order valence-electron chi connectivity index (χ0n) is 14.1. The van der Waals surface area contributed by atoms with Crippen molar-refractivity contribution in [3.05, 3.63) is 51.1 Å². The summed E-state index contributed by atoms with van der Waals surface area (Å²) < 4.78 is 62.3. The summed E-state index contributed by atoms with van der Waals surface area (Å²) in [5.41, 5.74) is -2.58. The molecule has 0 aliphatic carbocycles.